The minimum absolute atomic E-state index is 0.0341. The van der Waals surface area contributed by atoms with Crippen molar-refractivity contribution in [3.05, 3.63) is 50.2 Å². The van der Waals surface area contributed by atoms with Gasteiger partial charge in [-0.15, -0.1) is 0 Å². The second-order valence-electron chi connectivity index (χ2n) is 10.2. The molecule has 0 aliphatic heterocycles. The van der Waals surface area contributed by atoms with E-state index in [1.807, 2.05) is 27.7 Å². The molecular weight excluding hydrogens is 422 g/mol. The summed E-state index contributed by atoms with van der Waals surface area (Å²) >= 11 is 6.38. The summed E-state index contributed by atoms with van der Waals surface area (Å²) in [6.07, 6.45) is 0.564. The Labute approximate surface area is 185 Å². The fraction of sp³-hybridized carbons (Fsp3) is 0.522. The van der Waals surface area contributed by atoms with E-state index in [0.717, 1.165) is 0 Å². The highest BCUT2D eigenvalue weighted by Gasteiger charge is 2.49. The zero-order valence-electron chi connectivity index (χ0n) is 18.0. The van der Waals surface area contributed by atoms with Crippen molar-refractivity contribution < 1.29 is 24.4 Å². The Morgan fingerprint density at radius 1 is 1.03 bits per heavy atom. The van der Waals surface area contributed by atoms with Gasteiger partial charge < -0.3 is 5.11 Å². The lowest BCUT2D eigenvalue weighted by atomic mass is 9.62. The first-order chi connectivity index (χ1) is 14.2. The number of halogens is 1. The van der Waals surface area contributed by atoms with Gasteiger partial charge in [0.1, 0.15) is 17.3 Å². The summed E-state index contributed by atoms with van der Waals surface area (Å²) in [6.45, 7) is 7.32. The monoisotopic (exact) mass is 447 g/mol. The Hall–Kier alpha value is -2.54. The lowest BCUT2D eigenvalue weighted by Gasteiger charge is -2.39. The van der Waals surface area contributed by atoms with Crippen LogP contribution in [-0.4, -0.2) is 27.4 Å². The molecule has 0 spiro atoms. The van der Waals surface area contributed by atoms with Crippen LogP contribution >= 0.6 is 11.6 Å². The number of hydrogen-bond donors (Lipinski definition) is 1. The molecule has 1 saturated carbocycles. The van der Waals surface area contributed by atoms with Crippen molar-refractivity contribution in [1.82, 2.24) is 0 Å². The van der Waals surface area contributed by atoms with Crippen LogP contribution in [0.1, 0.15) is 64.9 Å². The minimum atomic E-state index is -1.23. The SMILES string of the molecule is CC1(C)CC(=O)C([C@H](C2=C(O)CC(C)(C)CC2=O)c2cc([N+](=O)[O-])ccc2Cl)C(=O)C1. The summed E-state index contributed by atoms with van der Waals surface area (Å²) in [5.74, 6) is -3.67. The third kappa shape index (κ3) is 4.56. The van der Waals surface area contributed by atoms with Gasteiger partial charge in [-0.3, -0.25) is 24.5 Å². The standard InChI is InChI=1S/C23H26ClNO6/c1-22(2)8-15(26)20(16(27)9-22)19(13-7-12(25(30)31)5-6-14(13)24)21-17(28)10-23(3,4)11-18(21)29/h5-7,19-20,28H,8-11H2,1-4H3/t19-/m1/s1. The Kier molecular flexibility index (Phi) is 5.86. The highest BCUT2D eigenvalue weighted by Crippen LogP contribution is 2.49. The number of allylic oxidation sites excluding steroid dienone is 2. The number of rotatable bonds is 4. The Bertz CT molecular complexity index is 1000. The van der Waals surface area contributed by atoms with Gasteiger partial charge >= 0.3 is 0 Å². The van der Waals surface area contributed by atoms with Crippen molar-refractivity contribution in [2.75, 3.05) is 0 Å². The largest absolute Gasteiger partial charge is 0.512 e. The summed E-state index contributed by atoms with van der Waals surface area (Å²) in [4.78, 5) is 50.2. The first-order valence-corrected chi connectivity index (χ1v) is 10.5. The van der Waals surface area contributed by atoms with E-state index in [1.165, 1.54) is 18.2 Å². The first-order valence-electron chi connectivity index (χ1n) is 10.2. The molecule has 0 bridgehead atoms. The molecule has 1 fully saturated rings. The van der Waals surface area contributed by atoms with Gasteiger partial charge in [-0.1, -0.05) is 39.3 Å². The molecular formula is C23H26ClNO6. The predicted molar refractivity (Wildman–Crippen MR) is 115 cm³/mol. The molecule has 7 nitrogen and oxygen atoms in total. The maximum atomic E-state index is 13.1. The number of carbonyl (C=O) groups excluding carboxylic acids is 3. The number of Topliss-reactive ketones (excluding diaryl/α,β-unsaturated/α-hetero) is 3. The van der Waals surface area contributed by atoms with Crippen LogP contribution in [0.25, 0.3) is 0 Å². The number of aliphatic hydroxyl groups is 1. The number of nitrogens with zero attached hydrogens (tertiary/aromatic N) is 1. The van der Waals surface area contributed by atoms with Crippen LogP contribution in [0.2, 0.25) is 5.02 Å². The van der Waals surface area contributed by atoms with Crippen LogP contribution in [0.4, 0.5) is 5.69 Å². The molecule has 3 rings (SSSR count). The highest BCUT2D eigenvalue weighted by atomic mass is 35.5. The number of nitro groups is 1. The fourth-order valence-electron chi connectivity index (χ4n) is 4.82. The molecule has 166 valence electrons. The van der Waals surface area contributed by atoms with E-state index in [1.54, 1.807) is 0 Å². The number of hydrogen-bond acceptors (Lipinski definition) is 6. The first kappa shape index (κ1) is 23.1. The molecule has 8 heteroatoms. The van der Waals surface area contributed by atoms with Gasteiger partial charge in [-0.2, -0.15) is 0 Å². The van der Waals surface area contributed by atoms with Crippen LogP contribution in [0, 0.1) is 26.9 Å². The van der Waals surface area contributed by atoms with Gasteiger partial charge in [0.25, 0.3) is 5.69 Å². The maximum Gasteiger partial charge on any atom is 0.269 e. The second-order valence-corrected chi connectivity index (χ2v) is 10.6. The van der Waals surface area contributed by atoms with Crippen molar-refractivity contribution in [1.29, 1.82) is 0 Å². The lowest BCUT2D eigenvalue weighted by molar-refractivity contribution is -0.384. The third-order valence-electron chi connectivity index (χ3n) is 6.07. The molecule has 2 aliphatic carbocycles. The molecule has 0 saturated heterocycles. The van der Waals surface area contributed by atoms with E-state index in [4.69, 9.17) is 11.6 Å². The van der Waals surface area contributed by atoms with Gasteiger partial charge in [0.2, 0.25) is 0 Å². The molecule has 0 unspecified atom stereocenters. The molecule has 0 heterocycles. The van der Waals surface area contributed by atoms with E-state index < -0.39 is 27.6 Å². The van der Waals surface area contributed by atoms with E-state index >= 15 is 0 Å². The van der Waals surface area contributed by atoms with Crippen LogP contribution in [0.15, 0.2) is 29.5 Å². The second kappa shape index (κ2) is 7.86. The number of nitro benzene ring substituents is 1. The van der Waals surface area contributed by atoms with Gasteiger partial charge in [0.05, 0.1) is 10.8 Å². The molecule has 1 aromatic carbocycles. The van der Waals surface area contributed by atoms with Gasteiger partial charge in [0, 0.05) is 54.3 Å². The Balaban J connectivity index is 2.25. The Morgan fingerprint density at radius 2 is 1.58 bits per heavy atom. The topological polar surface area (TPSA) is 115 Å². The summed E-state index contributed by atoms with van der Waals surface area (Å²) in [7, 11) is 0. The van der Waals surface area contributed by atoms with Gasteiger partial charge in [-0.25, -0.2) is 0 Å². The summed E-state index contributed by atoms with van der Waals surface area (Å²) < 4.78 is 0. The number of carbonyl (C=O) groups is 3. The molecule has 1 N–H and O–H groups in total. The van der Waals surface area contributed by atoms with E-state index in [2.05, 4.69) is 0 Å². The Morgan fingerprint density at radius 3 is 2.10 bits per heavy atom. The average molecular weight is 448 g/mol. The quantitative estimate of drug-likeness (QED) is 0.389. The molecule has 0 radical (unpaired) electrons. The molecule has 31 heavy (non-hydrogen) atoms. The average Bonchev–Trinajstić information content (AvgIpc) is 2.57. The van der Waals surface area contributed by atoms with Crippen molar-refractivity contribution >= 4 is 34.6 Å². The van der Waals surface area contributed by atoms with Crippen LogP contribution < -0.4 is 0 Å². The summed E-state index contributed by atoms with van der Waals surface area (Å²) in [5, 5.41) is 22.3. The predicted octanol–water partition coefficient (Wildman–Crippen LogP) is 5.11. The van der Waals surface area contributed by atoms with Gasteiger partial charge in [-0.05, 0) is 22.5 Å². The summed E-state index contributed by atoms with van der Waals surface area (Å²) in [6, 6.07) is 3.73. The summed E-state index contributed by atoms with van der Waals surface area (Å²) in [5.41, 5.74) is -1.17. The molecule has 1 aromatic rings. The lowest BCUT2D eigenvalue weighted by Crippen LogP contribution is -2.43. The third-order valence-corrected chi connectivity index (χ3v) is 6.41. The minimum Gasteiger partial charge on any atom is -0.512 e. The van der Waals surface area contributed by atoms with Crippen molar-refractivity contribution in [3.8, 4) is 0 Å². The number of ketones is 3. The van der Waals surface area contributed by atoms with Crippen LogP contribution in [0.5, 0.6) is 0 Å². The van der Waals surface area contributed by atoms with Crippen molar-refractivity contribution in [2.45, 2.75) is 59.3 Å². The fourth-order valence-corrected chi connectivity index (χ4v) is 5.05. The van der Waals surface area contributed by atoms with E-state index in [9.17, 15) is 29.6 Å². The molecule has 1 atom stereocenters. The van der Waals surface area contributed by atoms with Gasteiger partial charge in [0.15, 0.2) is 5.78 Å². The van der Waals surface area contributed by atoms with Crippen LogP contribution in [-0.2, 0) is 14.4 Å². The molecule has 2 aliphatic rings. The van der Waals surface area contributed by atoms with Crippen LogP contribution in [0.3, 0.4) is 0 Å². The smallest absolute Gasteiger partial charge is 0.269 e. The van der Waals surface area contributed by atoms with Crippen molar-refractivity contribution in [3.63, 3.8) is 0 Å². The molecule has 0 amide bonds. The van der Waals surface area contributed by atoms with Crippen molar-refractivity contribution in [2.24, 2.45) is 16.7 Å². The zero-order chi connectivity index (χ0) is 23.3. The van der Waals surface area contributed by atoms with E-state index in [0.29, 0.717) is 0 Å². The van der Waals surface area contributed by atoms with E-state index in [-0.39, 0.29) is 70.6 Å². The number of benzene rings is 1. The normalized spacial score (nSPS) is 22.5. The number of non-ortho nitro benzene ring substituents is 1. The molecule has 0 aromatic heterocycles. The maximum absolute atomic E-state index is 13.1. The highest BCUT2D eigenvalue weighted by molar-refractivity contribution is 6.31. The zero-order valence-corrected chi connectivity index (χ0v) is 18.8. The number of aliphatic hydroxyl groups excluding tert-OH is 1.